The van der Waals surface area contributed by atoms with E-state index in [0.717, 1.165) is 5.57 Å². The molecule has 0 bridgehead atoms. The molecule has 1 aromatic heterocycles. The predicted octanol–water partition coefficient (Wildman–Crippen LogP) is 1.77. The minimum atomic E-state index is -3.26. The average molecular weight is 348 g/mol. The SMILES string of the molecule is CCn1[nH]cc(C(=O)C2=C(C)C3=C(C)CS(=O)(=O)C3C(C)=C2)c1=O. The summed E-state index contributed by atoms with van der Waals surface area (Å²) in [6, 6.07) is 0. The number of aromatic nitrogens is 2. The molecule has 6 nitrogen and oxygen atoms in total. The Morgan fingerprint density at radius 3 is 2.58 bits per heavy atom. The van der Waals surface area contributed by atoms with Gasteiger partial charge in [-0.2, -0.15) is 0 Å². The van der Waals surface area contributed by atoms with E-state index in [1.54, 1.807) is 26.8 Å². The normalized spacial score (nSPS) is 22.7. The predicted molar refractivity (Wildman–Crippen MR) is 91.8 cm³/mol. The fraction of sp³-hybridized carbons (Fsp3) is 0.412. The molecule has 2 heterocycles. The van der Waals surface area contributed by atoms with Gasteiger partial charge >= 0.3 is 0 Å². The quantitative estimate of drug-likeness (QED) is 0.843. The lowest BCUT2D eigenvalue weighted by molar-refractivity contribution is 0.103. The number of fused-ring (bicyclic) bond motifs is 1. The summed E-state index contributed by atoms with van der Waals surface area (Å²) in [4.78, 5) is 25.1. The molecule has 1 atom stereocenters. The van der Waals surface area contributed by atoms with Gasteiger partial charge < -0.3 is 5.10 Å². The highest BCUT2D eigenvalue weighted by Gasteiger charge is 2.42. The first kappa shape index (κ1) is 16.7. The molecule has 24 heavy (non-hydrogen) atoms. The Hall–Kier alpha value is -2.15. The number of ketones is 1. The van der Waals surface area contributed by atoms with Crippen molar-refractivity contribution in [2.45, 2.75) is 39.5 Å². The van der Waals surface area contributed by atoms with Crippen molar-refractivity contribution in [3.8, 4) is 0 Å². The Morgan fingerprint density at radius 2 is 2.00 bits per heavy atom. The number of carbonyl (C=O) groups excluding carboxylic acids is 1. The lowest BCUT2D eigenvalue weighted by Gasteiger charge is -2.23. The topological polar surface area (TPSA) is 89.0 Å². The van der Waals surface area contributed by atoms with Crippen LogP contribution in [0.4, 0.5) is 0 Å². The van der Waals surface area contributed by atoms with Gasteiger partial charge in [0.2, 0.25) is 0 Å². The molecular formula is C17H20N2O4S. The van der Waals surface area contributed by atoms with Crippen molar-refractivity contribution in [1.82, 2.24) is 9.78 Å². The van der Waals surface area contributed by atoms with Crippen LogP contribution in [0, 0.1) is 0 Å². The Balaban J connectivity index is 2.16. The third-order valence-corrected chi connectivity index (χ3v) is 6.90. The number of Topliss-reactive ketones (excluding diaryl/α,β-unsaturated/α-hetero) is 1. The van der Waals surface area contributed by atoms with Gasteiger partial charge in [0.05, 0.1) is 5.75 Å². The number of nitrogens with one attached hydrogen (secondary N) is 1. The number of aromatic amines is 1. The summed E-state index contributed by atoms with van der Waals surface area (Å²) in [5, 5.41) is 2.11. The van der Waals surface area contributed by atoms with Crippen LogP contribution in [0.15, 0.2) is 44.9 Å². The third kappa shape index (κ3) is 2.26. The van der Waals surface area contributed by atoms with E-state index < -0.39 is 15.1 Å². The number of sulfone groups is 1. The van der Waals surface area contributed by atoms with Crippen molar-refractivity contribution in [2.24, 2.45) is 0 Å². The highest BCUT2D eigenvalue weighted by atomic mass is 32.2. The van der Waals surface area contributed by atoms with E-state index in [-0.39, 0.29) is 22.7 Å². The maximum atomic E-state index is 12.9. The molecule has 128 valence electrons. The largest absolute Gasteiger partial charge is 0.302 e. The first-order chi connectivity index (χ1) is 11.2. The van der Waals surface area contributed by atoms with Crippen LogP contribution in [-0.2, 0) is 16.4 Å². The van der Waals surface area contributed by atoms with Crippen molar-refractivity contribution in [3.63, 3.8) is 0 Å². The molecule has 0 saturated carbocycles. The third-order valence-electron chi connectivity index (χ3n) is 4.74. The Bertz CT molecular complexity index is 1000. The summed E-state index contributed by atoms with van der Waals surface area (Å²) in [6.07, 6.45) is 3.03. The van der Waals surface area contributed by atoms with E-state index in [2.05, 4.69) is 5.10 Å². The van der Waals surface area contributed by atoms with E-state index in [1.807, 2.05) is 6.92 Å². The van der Waals surface area contributed by atoms with Crippen molar-refractivity contribution in [2.75, 3.05) is 5.75 Å². The van der Waals surface area contributed by atoms with Crippen molar-refractivity contribution >= 4 is 15.6 Å². The monoisotopic (exact) mass is 348 g/mol. The van der Waals surface area contributed by atoms with E-state index in [4.69, 9.17) is 0 Å². The van der Waals surface area contributed by atoms with Crippen molar-refractivity contribution < 1.29 is 13.2 Å². The zero-order chi connectivity index (χ0) is 17.8. The lowest BCUT2D eigenvalue weighted by Crippen LogP contribution is -2.27. The number of hydrogen-bond acceptors (Lipinski definition) is 4. The van der Waals surface area contributed by atoms with E-state index in [1.165, 1.54) is 10.9 Å². The van der Waals surface area contributed by atoms with Crippen molar-refractivity contribution in [1.29, 1.82) is 0 Å². The van der Waals surface area contributed by atoms with Gasteiger partial charge in [-0.1, -0.05) is 17.2 Å². The molecular weight excluding hydrogens is 328 g/mol. The van der Waals surface area contributed by atoms with Gasteiger partial charge in [0.1, 0.15) is 10.8 Å². The zero-order valence-electron chi connectivity index (χ0n) is 14.1. The molecule has 2 aliphatic rings. The highest BCUT2D eigenvalue weighted by Crippen LogP contribution is 2.41. The van der Waals surface area contributed by atoms with Gasteiger partial charge in [-0.15, -0.1) is 0 Å². The van der Waals surface area contributed by atoms with Gasteiger partial charge in [-0.3, -0.25) is 14.3 Å². The maximum absolute atomic E-state index is 12.9. The second-order valence-corrected chi connectivity index (χ2v) is 8.46. The minimum absolute atomic E-state index is 0.0176. The second kappa shape index (κ2) is 5.44. The molecule has 0 saturated heterocycles. The summed E-state index contributed by atoms with van der Waals surface area (Å²) in [7, 11) is -3.26. The molecule has 1 unspecified atom stereocenters. The van der Waals surface area contributed by atoms with Gasteiger partial charge in [0, 0.05) is 18.3 Å². The number of aryl methyl sites for hydroxylation is 1. The van der Waals surface area contributed by atoms with Crippen LogP contribution in [-0.4, -0.2) is 35.0 Å². The Labute approximate surface area is 140 Å². The first-order valence-electron chi connectivity index (χ1n) is 7.82. The van der Waals surface area contributed by atoms with Gasteiger partial charge in [0.25, 0.3) is 5.56 Å². The molecule has 1 aliphatic carbocycles. The molecule has 1 aromatic rings. The summed E-state index contributed by atoms with van der Waals surface area (Å²) < 4.78 is 26.1. The van der Waals surface area contributed by atoms with Gasteiger partial charge in [-0.05, 0) is 38.8 Å². The Morgan fingerprint density at radius 1 is 1.33 bits per heavy atom. The summed E-state index contributed by atoms with van der Waals surface area (Å²) in [5.74, 6) is -0.354. The molecule has 0 radical (unpaired) electrons. The van der Waals surface area contributed by atoms with Crippen LogP contribution in [0.5, 0.6) is 0 Å². The first-order valence-corrected chi connectivity index (χ1v) is 9.54. The number of H-pyrrole nitrogens is 1. The van der Waals surface area contributed by atoms with Crippen LogP contribution in [0.25, 0.3) is 0 Å². The van der Waals surface area contributed by atoms with Gasteiger partial charge in [-0.25, -0.2) is 8.42 Å². The fourth-order valence-corrected chi connectivity index (χ4v) is 5.93. The minimum Gasteiger partial charge on any atom is -0.302 e. The molecule has 1 N–H and O–H groups in total. The molecule has 7 heteroatoms. The van der Waals surface area contributed by atoms with E-state index in [0.29, 0.717) is 28.8 Å². The Kier molecular flexibility index (Phi) is 3.79. The maximum Gasteiger partial charge on any atom is 0.277 e. The zero-order valence-corrected chi connectivity index (χ0v) is 15.0. The molecule has 0 aromatic carbocycles. The number of hydrogen-bond donors (Lipinski definition) is 1. The average Bonchev–Trinajstić information content (AvgIpc) is 2.99. The smallest absolute Gasteiger partial charge is 0.277 e. The van der Waals surface area contributed by atoms with Gasteiger partial charge in [0.15, 0.2) is 15.6 Å². The molecule has 1 aliphatic heterocycles. The molecule has 0 amide bonds. The number of allylic oxidation sites excluding steroid dienone is 3. The summed E-state index contributed by atoms with van der Waals surface area (Å²) in [6.45, 7) is 7.53. The summed E-state index contributed by atoms with van der Waals surface area (Å²) in [5.41, 5.74) is 2.88. The van der Waals surface area contributed by atoms with Crippen LogP contribution < -0.4 is 5.56 Å². The van der Waals surface area contributed by atoms with E-state index >= 15 is 0 Å². The fourth-order valence-electron chi connectivity index (χ4n) is 3.64. The standard InChI is InChI=1S/C17H20N2O4S/c1-5-19-17(21)13(7-18-19)15(20)12-6-9(2)16-14(11(12)4)10(3)8-24(16,22)23/h6-7,16,18H,5,8H2,1-4H3. The molecule has 0 fully saturated rings. The van der Waals surface area contributed by atoms with Crippen LogP contribution in [0.1, 0.15) is 38.1 Å². The van der Waals surface area contributed by atoms with Crippen LogP contribution in [0.3, 0.4) is 0 Å². The summed E-state index contributed by atoms with van der Waals surface area (Å²) >= 11 is 0. The highest BCUT2D eigenvalue weighted by molar-refractivity contribution is 7.93. The van der Waals surface area contributed by atoms with E-state index in [9.17, 15) is 18.0 Å². The number of carbonyl (C=O) groups is 1. The number of nitrogens with zero attached hydrogens (tertiary/aromatic N) is 1. The second-order valence-electron chi connectivity index (χ2n) is 6.37. The van der Waals surface area contributed by atoms with Crippen LogP contribution in [0.2, 0.25) is 0 Å². The molecule has 3 rings (SSSR count). The van der Waals surface area contributed by atoms with Crippen LogP contribution >= 0.6 is 0 Å². The lowest BCUT2D eigenvalue weighted by atomic mass is 9.84. The van der Waals surface area contributed by atoms with Crippen molar-refractivity contribution in [3.05, 3.63) is 56.1 Å². The number of rotatable bonds is 3. The molecule has 0 spiro atoms.